The van der Waals surface area contributed by atoms with Crippen molar-refractivity contribution in [3.05, 3.63) is 0 Å². The van der Waals surface area contributed by atoms with Crippen LogP contribution in [0.4, 0.5) is 0 Å². The maximum absolute atomic E-state index is 9.82. The van der Waals surface area contributed by atoms with E-state index < -0.39 is 0 Å². The summed E-state index contributed by atoms with van der Waals surface area (Å²) in [5.74, 6) is -0.211. The highest BCUT2D eigenvalue weighted by Crippen LogP contribution is 2.00. The van der Waals surface area contributed by atoms with Crippen LogP contribution in [0.3, 0.4) is 0 Å². The Balaban J connectivity index is -0.0000000718. The SMILES string of the molecule is C.C.CCCCCCC.CCOC(C)=O. The van der Waals surface area contributed by atoms with E-state index in [2.05, 4.69) is 18.6 Å². The Hall–Kier alpha value is -0.530. The monoisotopic (exact) mass is 220 g/mol. The summed E-state index contributed by atoms with van der Waals surface area (Å²) < 4.78 is 4.40. The fourth-order valence-electron chi connectivity index (χ4n) is 0.880. The number of hydrogen-bond donors (Lipinski definition) is 0. The molecule has 0 aromatic carbocycles. The minimum Gasteiger partial charge on any atom is -0.466 e. The number of carbonyl (C=O) groups excluding carboxylic acids is 1. The number of unbranched alkanes of at least 4 members (excludes halogenated alkanes) is 4. The van der Waals surface area contributed by atoms with Crippen LogP contribution in [-0.2, 0) is 9.53 Å². The van der Waals surface area contributed by atoms with Crippen LogP contribution in [0.2, 0.25) is 0 Å². The maximum atomic E-state index is 9.82. The second-order valence-corrected chi connectivity index (χ2v) is 2.99. The van der Waals surface area contributed by atoms with Gasteiger partial charge in [-0.3, -0.25) is 4.79 Å². The van der Waals surface area contributed by atoms with Crippen molar-refractivity contribution in [2.45, 2.75) is 74.7 Å². The van der Waals surface area contributed by atoms with Gasteiger partial charge in [0.15, 0.2) is 0 Å². The standard InChI is InChI=1S/C7H16.C4H8O2.2CH4/c1-3-5-7-6-4-2;1-3-6-4(2)5;;/h3-7H2,1-2H3;3H2,1-2H3;2*1H4. The highest BCUT2D eigenvalue weighted by molar-refractivity contribution is 5.65. The van der Waals surface area contributed by atoms with Gasteiger partial charge in [-0.25, -0.2) is 0 Å². The van der Waals surface area contributed by atoms with E-state index in [1.807, 2.05) is 0 Å². The first kappa shape index (κ1) is 24.0. The molecule has 2 nitrogen and oxygen atoms in total. The summed E-state index contributed by atoms with van der Waals surface area (Å²) in [5.41, 5.74) is 0. The fourth-order valence-corrected chi connectivity index (χ4v) is 0.880. The van der Waals surface area contributed by atoms with Crippen molar-refractivity contribution < 1.29 is 9.53 Å². The third-order valence-electron chi connectivity index (χ3n) is 1.55. The highest BCUT2D eigenvalue weighted by atomic mass is 16.5. The lowest BCUT2D eigenvalue weighted by Crippen LogP contribution is -1.95. The molecule has 15 heavy (non-hydrogen) atoms. The van der Waals surface area contributed by atoms with Gasteiger partial charge in [0.25, 0.3) is 0 Å². The highest BCUT2D eigenvalue weighted by Gasteiger charge is 1.81. The van der Waals surface area contributed by atoms with Crippen LogP contribution in [-0.4, -0.2) is 12.6 Å². The summed E-state index contributed by atoms with van der Waals surface area (Å²) in [6.45, 7) is 8.14. The van der Waals surface area contributed by atoms with Gasteiger partial charge in [-0.05, 0) is 6.92 Å². The van der Waals surface area contributed by atoms with Crippen LogP contribution in [0.25, 0.3) is 0 Å². The van der Waals surface area contributed by atoms with E-state index in [1.165, 1.54) is 39.0 Å². The number of ether oxygens (including phenoxy) is 1. The molecule has 0 rings (SSSR count). The number of carbonyl (C=O) groups is 1. The molecule has 0 spiro atoms. The van der Waals surface area contributed by atoms with E-state index in [1.54, 1.807) is 6.92 Å². The molecule has 0 atom stereocenters. The lowest BCUT2D eigenvalue weighted by atomic mass is 10.2. The van der Waals surface area contributed by atoms with Gasteiger partial charge in [0.1, 0.15) is 0 Å². The van der Waals surface area contributed by atoms with Crippen molar-refractivity contribution >= 4 is 5.97 Å². The predicted octanol–water partition coefficient (Wildman–Crippen LogP) is 4.82. The molecule has 0 fully saturated rings. The molecule has 0 saturated carbocycles. The van der Waals surface area contributed by atoms with Gasteiger partial charge < -0.3 is 4.74 Å². The largest absolute Gasteiger partial charge is 0.466 e. The third kappa shape index (κ3) is 42.3. The molecule has 0 radical (unpaired) electrons. The molecule has 2 heteroatoms. The quantitative estimate of drug-likeness (QED) is 0.490. The molecule has 0 aliphatic heterocycles. The topological polar surface area (TPSA) is 26.3 Å². The number of hydrogen-bond acceptors (Lipinski definition) is 2. The van der Waals surface area contributed by atoms with Gasteiger partial charge in [-0.15, -0.1) is 0 Å². The molecular formula is C13H32O2. The van der Waals surface area contributed by atoms with Crippen molar-refractivity contribution in [2.24, 2.45) is 0 Å². The zero-order valence-electron chi connectivity index (χ0n) is 9.56. The molecule has 96 valence electrons. The summed E-state index contributed by atoms with van der Waals surface area (Å²) in [5, 5.41) is 0. The predicted molar refractivity (Wildman–Crippen MR) is 70.2 cm³/mol. The Kier molecular flexibility index (Phi) is 37.3. The Morgan fingerprint density at radius 2 is 1.33 bits per heavy atom. The van der Waals surface area contributed by atoms with Crippen LogP contribution in [0.1, 0.15) is 74.7 Å². The van der Waals surface area contributed by atoms with Crippen molar-refractivity contribution in [3.8, 4) is 0 Å². The number of rotatable bonds is 5. The Morgan fingerprint density at radius 3 is 1.47 bits per heavy atom. The van der Waals surface area contributed by atoms with Gasteiger partial charge >= 0.3 is 5.97 Å². The van der Waals surface area contributed by atoms with Crippen molar-refractivity contribution in [2.75, 3.05) is 6.61 Å². The van der Waals surface area contributed by atoms with Crippen molar-refractivity contribution in [1.29, 1.82) is 0 Å². The molecule has 0 saturated heterocycles. The van der Waals surface area contributed by atoms with Crippen LogP contribution in [0, 0.1) is 0 Å². The molecule has 0 N–H and O–H groups in total. The van der Waals surface area contributed by atoms with Crippen LogP contribution < -0.4 is 0 Å². The minimum absolute atomic E-state index is 0. The van der Waals surface area contributed by atoms with E-state index in [-0.39, 0.29) is 20.8 Å². The smallest absolute Gasteiger partial charge is 0.302 e. The zero-order valence-corrected chi connectivity index (χ0v) is 9.56. The normalized spacial score (nSPS) is 7.47. The van der Waals surface area contributed by atoms with E-state index in [0.29, 0.717) is 6.61 Å². The Labute approximate surface area is 97.4 Å². The lowest BCUT2D eigenvalue weighted by Gasteiger charge is -1.90. The van der Waals surface area contributed by atoms with E-state index in [9.17, 15) is 4.79 Å². The van der Waals surface area contributed by atoms with Crippen molar-refractivity contribution in [1.82, 2.24) is 0 Å². The summed E-state index contributed by atoms with van der Waals surface area (Å²) >= 11 is 0. The van der Waals surface area contributed by atoms with Gasteiger partial charge in [0.05, 0.1) is 6.61 Å². The zero-order chi connectivity index (χ0) is 10.5. The number of esters is 1. The molecule has 0 amide bonds. The molecule has 0 aliphatic rings. The van der Waals surface area contributed by atoms with Gasteiger partial charge in [0.2, 0.25) is 0 Å². The first-order valence-electron chi connectivity index (χ1n) is 5.32. The summed E-state index contributed by atoms with van der Waals surface area (Å²) in [6, 6.07) is 0. The summed E-state index contributed by atoms with van der Waals surface area (Å²) in [7, 11) is 0. The van der Waals surface area contributed by atoms with Crippen molar-refractivity contribution in [3.63, 3.8) is 0 Å². The maximum Gasteiger partial charge on any atom is 0.302 e. The Morgan fingerprint density at radius 1 is 0.933 bits per heavy atom. The van der Waals surface area contributed by atoms with Gasteiger partial charge in [-0.1, -0.05) is 60.8 Å². The first-order chi connectivity index (χ1) is 6.18. The molecule has 0 aromatic rings. The average molecular weight is 220 g/mol. The molecule has 0 heterocycles. The molecule has 0 bridgehead atoms. The molecule has 0 unspecified atom stereocenters. The van der Waals surface area contributed by atoms with E-state index in [4.69, 9.17) is 0 Å². The van der Waals surface area contributed by atoms with Crippen LogP contribution in [0.5, 0.6) is 0 Å². The first-order valence-corrected chi connectivity index (χ1v) is 5.32. The minimum atomic E-state index is -0.211. The average Bonchev–Trinajstić information content (AvgIpc) is 2.06. The van der Waals surface area contributed by atoms with Gasteiger partial charge in [0, 0.05) is 6.92 Å². The van der Waals surface area contributed by atoms with Crippen LogP contribution >= 0.6 is 0 Å². The second-order valence-electron chi connectivity index (χ2n) is 2.99. The molecular weight excluding hydrogens is 188 g/mol. The second kappa shape index (κ2) is 23.4. The summed E-state index contributed by atoms with van der Waals surface area (Å²) in [6.07, 6.45) is 7.01. The third-order valence-corrected chi connectivity index (χ3v) is 1.55. The molecule has 0 aromatic heterocycles. The Bertz CT molecular complexity index is 96.7. The lowest BCUT2D eigenvalue weighted by molar-refractivity contribution is -0.140. The van der Waals surface area contributed by atoms with E-state index >= 15 is 0 Å². The van der Waals surface area contributed by atoms with E-state index in [0.717, 1.165) is 0 Å². The van der Waals surface area contributed by atoms with Gasteiger partial charge in [-0.2, -0.15) is 0 Å². The van der Waals surface area contributed by atoms with Crippen LogP contribution in [0.15, 0.2) is 0 Å². The summed E-state index contributed by atoms with van der Waals surface area (Å²) in [4.78, 5) is 9.82. The fraction of sp³-hybridized carbons (Fsp3) is 0.923. The molecule has 0 aliphatic carbocycles.